The fourth-order valence-corrected chi connectivity index (χ4v) is 2.17. The molecule has 0 aliphatic heterocycles. The van der Waals surface area contributed by atoms with E-state index in [2.05, 4.69) is 13.8 Å². The number of hydrogen-bond acceptors (Lipinski definition) is 0. The molecule has 70 valence electrons. The van der Waals surface area contributed by atoms with Crippen LogP contribution in [-0.4, -0.2) is 3.21 Å². The van der Waals surface area contributed by atoms with Gasteiger partial charge in [0.2, 0.25) is 0 Å². The van der Waals surface area contributed by atoms with E-state index in [0.29, 0.717) is 0 Å². The molecule has 0 aliphatic carbocycles. The number of hydrogen-bond donors (Lipinski definition) is 0. The second kappa shape index (κ2) is 9.84. The predicted molar refractivity (Wildman–Crippen MR) is 53.3 cm³/mol. The molecular formula is C11H22Zr. The van der Waals surface area contributed by atoms with Gasteiger partial charge >= 0.3 is 92.7 Å². The molecule has 0 aromatic rings. The van der Waals surface area contributed by atoms with Gasteiger partial charge in [0.25, 0.3) is 0 Å². The van der Waals surface area contributed by atoms with Crippen molar-refractivity contribution in [3.8, 4) is 0 Å². The van der Waals surface area contributed by atoms with Gasteiger partial charge in [0, 0.05) is 0 Å². The van der Waals surface area contributed by atoms with Gasteiger partial charge in [-0.3, -0.25) is 0 Å². The SMILES string of the molecule is CCCCC[C](=[Zr])CCCCC. The molecular weight excluding hydrogens is 223 g/mol. The van der Waals surface area contributed by atoms with E-state index in [9.17, 15) is 0 Å². The summed E-state index contributed by atoms with van der Waals surface area (Å²) >= 11 is 1.69. The first kappa shape index (κ1) is 12.8. The van der Waals surface area contributed by atoms with Crippen LogP contribution in [-0.2, 0) is 24.2 Å². The van der Waals surface area contributed by atoms with Crippen LogP contribution in [0, 0.1) is 0 Å². The van der Waals surface area contributed by atoms with Gasteiger partial charge in [0.15, 0.2) is 0 Å². The Bertz CT molecular complexity index is 95.6. The molecule has 0 aromatic heterocycles. The van der Waals surface area contributed by atoms with Crippen molar-refractivity contribution in [3.63, 3.8) is 0 Å². The topological polar surface area (TPSA) is 0 Å². The Morgan fingerprint density at radius 2 is 1.25 bits per heavy atom. The summed E-state index contributed by atoms with van der Waals surface area (Å²) in [4.78, 5) is 0. The molecule has 0 radical (unpaired) electrons. The molecule has 12 heavy (non-hydrogen) atoms. The first-order valence-corrected chi connectivity index (χ1v) is 6.60. The Kier molecular flexibility index (Phi) is 10.5. The third-order valence-corrected chi connectivity index (χ3v) is 3.39. The fraction of sp³-hybridized carbons (Fsp3) is 0.909. The van der Waals surface area contributed by atoms with Gasteiger partial charge < -0.3 is 0 Å². The van der Waals surface area contributed by atoms with E-state index in [0.717, 1.165) is 0 Å². The zero-order chi connectivity index (χ0) is 9.23. The van der Waals surface area contributed by atoms with Gasteiger partial charge in [-0.05, 0) is 0 Å². The third kappa shape index (κ3) is 8.85. The van der Waals surface area contributed by atoms with Crippen molar-refractivity contribution in [2.75, 3.05) is 0 Å². The van der Waals surface area contributed by atoms with E-state index in [-0.39, 0.29) is 0 Å². The van der Waals surface area contributed by atoms with Crippen molar-refractivity contribution in [3.05, 3.63) is 0 Å². The second-order valence-corrected chi connectivity index (χ2v) is 5.26. The minimum atomic E-state index is 1.36. The van der Waals surface area contributed by atoms with Gasteiger partial charge in [0.1, 0.15) is 0 Å². The Hall–Kier alpha value is 0.753. The summed E-state index contributed by atoms with van der Waals surface area (Å²) < 4.78 is 1.81. The molecule has 0 nitrogen and oxygen atoms in total. The van der Waals surface area contributed by atoms with Crippen LogP contribution in [0.3, 0.4) is 0 Å². The Morgan fingerprint density at radius 1 is 0.833 bits per heavy atom. The molecule has 0 saturated heterocycles. The summed E-state index contributed by atoms with van der Waals surface area (Å²) in [5.74, 6) is 0. The van der Waals surface area contributed by atoms with Gasteiger partial charge in [-0.15, -0.1) is 0 Å². The van der Waals surface area contributed by atoms with Crippen LogP contribution in [0.15, 0.2) is 0 Å². The van der Waals surface area contributed by atoms with Gasteiger partial charge in [-0.25, -0.2) is 0 Å². The Balaban J connectivity index is 3.10. The molecule has 0 atom stereocenters. The first-order chi connectivity index (χ1) is 5.81. The molecule has 0 fully saturated rings. The van der Waals surface area contributed by atoms with Crippen LogP contribution in [0.1, 0.15) is 65.2 Å². The van der Waals surface area contributed by atoms with Crippen molar-refractivity contribution >= 4 is 3.21 Å². The third-order valence-electron chi connectivity index (χ3n) is 2.16. The van der Waals surface area contributed by atoms with Crippen LogP contribution < -0.4 is 0 Å². The molecule has 0 bridgehead atoms. The van der Waals surface area contributed by atoms with Crippen LogP contribution in [0.2, 0.25) is 0 Å². The summed E-state index contributed by atoms with van der Waals surface area (Å²) in [5, 5.41) is 0. The molecule has 0 amide bonds. The molecule has 0 aliphatic rings. The summed E-state index contributed by atoms with van der Waals surface area (Å²) in [6.07, 6.45) is 11.3. The van der Waals surface area contributed by atoms with Crippen LogP contribution in [0.5, 0.6) is 0 Å². The van der Waals surface area contributed by atoms with Crippen LogP contribution in [0.4, 0.5) is 0 Å². The molecule has 0 saturated carbocycles. The van der Waals surface area contributed by atoms with Crippen LogP contribution in [0.25, 0.3) is 0 Å². The number of unbranched alkanes of at least 4 members (excludes halogenated alkanes) is 4. The van der Waals surface area contributed by atoms with Crippen molar-refractivity contribution in [1.29, 1.82) is 0 Å². The molecule has 0 rings (SSSR count). The second-order valence-electron chi connectivity index (χ2n) is 3.52. The van der Waals surface area contributed by atoms with E-state index in [4.69, 9.17) is 0 Å². The van der Waals surface area contributed by atoms with Crippen LogP contribution >= 0.6 is 0 Å². The average molecular weight is 246 g/mol. The summed E-state index contributed by atoms with van der Waals surface area (Å²) in [6.45, 7) is 4.56. The van der Waals surface area contributed by atoms with Crippen molar-refractivity contribution in [1.82, 2.24) is 0 Å². The molecule has 0 aromatic carbocycles. The maximum atomic E-state index is 2.28. The van der Waals surface area contributed by atoms with Gasteiger partial charge in [-0.1, -0.05) is 0 Å². The fourth-order valence-electron chi connectivity index (χ4n) is 1.30. The molecule has 1 heteroatoms. The molecule has 0 heterocycles. The van der Waals surface area contributed by atoms with E-state index in [1.54, 1.807) is 24.2 Å². The zero-order valence-electron chi connectivity index (χ0n) is 8.66. The standard InChI is InChI=1S/C11H22.Zr/c1-3-5-7-9-11-10-8-6-4-2;/h3-10H2,1-2H3;. The molecule has 0 N–H and O–H groups in total. The Labute approximate surface area is 92.5 Å². The van der Waals surface area contributed by atoms with E-state index >= 15 is 0 Å². The normalized spacial score (nSPS) is 10.1. The van der Waals surface area contributed by atoms with E-state index in [1.807, 2.05) is 3.21 Å². The first-order valence-electron chi connectivity index (χ1n) is 5.37. The Morgan fingerprint density at radius 3 is 1.58 bits per heavy atom. The van der Waals surface area contributed by atoms with Crippen molar-refractivity contribution < 1.29 is 24.2 Å². The van der Waals surface area contributed by atoms with E-state index < -0.39 is 0 Å². The van der Waals surface area contributed by atoms with Gasteiger partial charge in [-0.2, -0.15) is 0 Å². The average Bonchev–Trinajstić information content (AvgIpc) is 2.06. The number of rotatable bonds is 8. The zero-order valence-corrected chi connectivity index (χ0v) is 11.1. The van der Waals surface area contributed by atoms with Gasteiger partial charge in [0.05, 0.1) is 0 Å². The molecule has 0 unspecified atom stereocenters. The summed E-state index contributed by atoms with van der Waals surface area (Å²) in [5.41, 5.74) is 0. The quantitative estimate of drug-likeness (QED) is 0.570. The van der Waals surface area contributed by atoms with Crippen molar-refractivity contribution in [2.24, 2.45) is 0 Å². The summed E-state index contributed by atoms with van der Waals surface area (Å²) in [6, 6.07) is 0. The molecule has 0 spiro atoms. The van der Waals surface area contributed by atoms with Crippen molar-refractivity contribution in [2.45, 2.75) is 65.2 Å². The predicted octanol–water partition coefficient (Wildman–Crippen LogP) is 3.87. The maximum absolute atomic E-state index is 2.28. The minimum absolute atomic E-state index is 1.36. The monoisotopic (exact) mass is 244 g/mol. The summed E-state index contributed by atoms with van der Waals surface area (Å²) in [7, 11) is 0. The van der Waals surface area contributed by atoms with E-state index in [1.165, 1.54) is 51.4 Å².